The molecule has 1 rings (SSSR count). The van der Waals surface area contributed by atoms with Gasteiger partial charge in [-0.3, -0.25) is 0 Å². The van der Waals surface area contributed by atoms with Crippen LogP contribution in [0.2, 0.25) is 0 Å². The number of hydrogen-bond acceptors (Lipinski definition) is 4. The molecule has 0 atom stereocenters. The molecule has 0 radical (unpaired) electrons. The van der Waals surface area contributed by atoms with Crippen LogP contribution in [-0.2, 0) is 0 Å². The van der Waals surface area contributed by atoms with Crippen LogP contribution in [0.3, 0.4) is 0 Å². The van der Waals surface area contributed by atoms with Crippen molar-refractivity contribution in [3.8, 4) is 0 Å². The molecular weight excluding hydrogens is 116 g/mol. The minimum Gasteiger partial charge on any atom is -0.382 e. The first-order chi connectivity index (χ1) is 4.39. The second kappa shape index (κ2) is 4.96. The molecule has 0 saturated heterocycles. The van der Waals surface area contributed by atoms with Gasteiger partial charge in [-0.25, -0.2) is 4.98 Å². The summed E-state index contributed by atoms with van der Waals surface area (Å²) in [5, 5.41) is 6.85. The average molecular weight is 126 g/mol. The fourth-order valence-corrected chi connectivity index (χ4v) is 0.248. The van der Waals surface area contributed by atoms with Crippen LogP contribution in [0.4, 0.5) is 5.82 Å². The third-order valence-electron chi connectivity index (χ3n) is 0.515. The quantitative estimate of drug-likeness (QED) is 0.549. The molecule has 0 aliphatic rings. The van der Waals surface area contributed by atoms with Gasteiger partial charge in [-0.2, -0.15) is 5.10 Å². The molecule has 2 N–H and O–H groups in total. The van der Waals surface area contributed by atoms with E-state index in [-0.39, 0.29) is 0 Å². The van der Waals surface area contributed by atoms with Crippen LogP contribution in [0.15, 0.2) is 12.5 Å². The molecule has 0 aliphatic heterocycles. The predicted molar refractivity (Wildman–Crippen MR) is 35.6 cm³/mol. The minimum absolute atomic E-state index is 0.398. The van der Waals surface area contributed by atoms with Crippen LogP contribution in [-0.4, -0.2) is 15.2 Å². The topological polar surface area (TPSA) is 64.7 Å². The molecule has 1 aromatic rings. The van der Waals surface area contributed by atoms with Gasteiger partial charge in [0.2, 0.25) is 0 Å². The lowest BCUT2D eigenvalue weighted by Crippen LogP contribution is -1.90. The van der Waals surface area contributed by atoms with Crippen LogP contribution in [0.5, 0.6) is 0 Å². The Morgan fingerprint density at radius 1 is 1.33 bits per heavy atom. The van der Waals surface area contributed by atoms with Crippen LogP contribution in [0.25, 0.3) is 0 Å². The Morgan fingerprint density at radius 3 is 2.22 bits per heavy atom. The highest BCUT2D eigenvalue weighted by Gasteiger charge is 1.76. The maximum Gasteiger partial charge on any atom is 0.145 e. The average Bonchev–Trinajstić information content (AvgIpc) is 1.94. The second-order valence-corrected chi connectivity index (χ2v) is 1.03. The van der Waals surface area contributed by atoms with Crippen LogP contribution >= 0.6 is 0 Å². The maximum atomic E-state index is 5.14. The highest BCUT2D eigenvalue weighted by molar-refractivity contribution is 5.18. The van der Waals surface area contributed by atoms with Crippen molar-refractivity contribution < 1.29 is 0 Å². The fourth-order valence-electron chi connectivity index (χ4n) is 0.248. The number of aromatic nitrogens is 3. The molecule has 0 fully saturated rings. The largest absolute Gasteiger partial charge is 0.382 e. The number of nitrogens with two attached hydrogens (primary N) is 1. The van der Waals surface area contributed by atoms with Crippen LogP contribution in [0, 0.1) is 0 Å². The van der Waals surface area contributed by atoms with Crippen molar-refractivity contribution in [1.82, 2.24) is 15.2 Å². The third kappa shape index (κ3) is 3.40. The zero-order valence-electron chi connectivity index (χ0n) is 5.57. The molecule has 50 valence electrons. The lowest BCUT2D eigenvalue weighted by Gasteiger charge is -1.81. The summed E-state index contributed by atoms with van der Waals surface area (Å²) in [6, 6.07) is 0. The van der Waals surface area contributed by atoms with Gasteiger partial charge in [0, 0.05) is 0 Å². The van der Waals surface area contributed by atoms with E-state index in [4.69, 9.17) is 5.73 Å². The van der Waals surface area contributed by atoms with E-state index in [1.54, 1.807) is 0 Å². The summed E-state index contributed by atoms with van der Waals surface area (Å²) >= 11 is 0. The van der Waals surface area contributed by atoms with Gasteiger partial charge in [-0.15, -0.1) is 5.10 Å². The molecule has 0 spiro atoms. The SMILES string of the molecule is CC.Nc1cnncn1. The summed E-state index contributed by atoms with van der Waals surface area (Å²) in [6.45, 7) is 4.00. The Bertz CT molecular complexity index is 139. The molecule has 1 heterocycles. The second-order valence-electron chi connectivity index (χ2n) is 1.03. The van der Waals surface area contributed by atoms with Gasteiger partial charge in [0.1, 0.15) is 12.1 Å². The summed E-state index contributed by atoms with van der Waals surface area (Å²) in [4.78, 5) is 3.58. The van der Waals surface area contributed by atoms with Gasteiger partial charge in [-0.1, -0.05) is 13.8 Å². The lowest BCUT2D eigenvalue weighted by molar-refractivity contribution is 0.976. The van der Waals surface area contributed by atoms with Gasteiger partial charge < -0.3 is 5.73 Å². The summed E-state index contributed by atoms with van der Waals surface area (Å²) in [7, 11) is 0. The van der Waals surface area contributed by atoms with E-state index >= 15 is 0 Å². The Labute approximate surface area is 54.1 Å². The van der Waals surface area contributed by atoms with Gasteiger partial charge >= 0.3 is 0 Å². The van der Waals surface area contributed by atoms with Gasteiger partial charge in [0.05, 0.1) is 6.20 Å². The summed E-state index contributed by atoms with van der Waals surface area (Å²) < 4.78 is 0. The summed E-state index contributed by atoms with van der Waals surface area (Å²) in [5.41, 5.74) is 5.14. The normalized spacial score (nSPS) is 7.33. The van der Waals surface area contributed by atoms with E-state index in [0.717, 1.165) is 0 Å². The van der Waals surface area contributed by atoms with Gasteiger partial charge in [-0.05, 0) is 0 Å². The van der Waals surface area contributed by atoms with Crippen molar-refractivity contribution in [2.24, 2.45) is 0 Å². The number of nitrogen functional groups attached to an aromatic ring is 1. The van der Waals surface area contributed by atoms with Crippen LogP contribution in [0.1, 0.15) is 13.8 Å². The Kier molecular flexibility index (Phi) is 4.30. The van der Waals surface area contributed by atoms with E-state index in [1.165, 1.54) is 12.5 Å². The molecule has 0 bridgehead atoms. The standard InChI is InChI=1S/C3H4N4.C2H6/c4-3-1-6-7-2-5-3;1-2/h1-2H,(H2,4,5,7);1-2H3. The van der Waals surface area contributed by atoms with Crippen molar-refractivity contribution in [3.05, 3.63) is 12.5 Å². The molecule has 4 heteroatoms. The van der Waals surface area contributed by atoms with Gasteiger partial charge in [0.25, 0.3) is 0 Å². The van der Waals surface area contributed by atoms with E-state index in [9.17, 15) is 0 Å². The molecule has 0 aromatic carbocycles. The third-order valence-corrected chi connectivity index (χ3v) is 0.515. The molecule has 0 aliphatic carbocycles. The highest BCUT2D eigenvalue weighted by atomic mass is 15.1. The molecule has 0 amide bonds. The number of rotatable bonds is 0. The monoisotopic (exact) mass is 126 g/mol. The van der Waals surface area contributed by atoms with Crippen molar-refractivity contribution in [2.45, 2.75) is 13.8 Å². The molecule has 9 heavy (non-hydrogen) atoms. The van der Waals surface area contributed by atoms with E-state index in [2.05, 4.69) is 15.2 Å². The molecule has 4 nitrogen and oxygen atoms in total. The van der Waals surface area contributed by atoms with Crippen molar-refractivity contribution in [3.63, 3.8) is 0 Å². The first kappa shape index (κ1) is 7.81. The van der Waals surface area contributed by atoms with E-state index < -0.39 is 0 Å². The van der Waals surface area contributed by atoms with E-state index in [1.807, 2.05) is 13.8 Å². The zero-order valence-corrected chi connectivity index (χ0v) is 5.57. The van der Waals surface area contributed by atoms with Gasteiger partial charge in [0.15, 0.2) is 0 Å². The lowest BCUT2D eigenvalue weighted by atomic mass is 10.8. The smallest absolute Gasteiger partial charge is 0.145 e. The highest BCUT2D eigenvalue weighted by Crippen LogP contribution is 1.81. The first-order valence-corrected chi connectivity index (χ1v) is 2.78. The Morgan fingerprint density at radius 2 is 2.00 bits per heavy atom. The maximum absolute atomic E-state index is 5.14. The van der Waals surface area contributed by atoms with Crippen molar-refractivity contribution >= 4 is 5.82 Å². The number of hydrogen-bond donors (Lipinski definition) is 1. The van der Waals surface area contributed by atoms with E-state index in [0.29, 0.717) is 5.82 Å². The van der Waals surface area contributed by atoms with Crippen molar-refractivity contribution in [2.75, 3.05) is 5.73 Å². The molecule has 1 aromatic heterocycles. The molecular formula is C5H10N4. The fraction of sp³-hybridized carbons (Fsp3) is 0.400. The molecule has 0 saturated carbocycles. The zero-order chi connectivity index (χ0) is 7.11. The Balaban J connectivity index is 0.000000291. The minimum atomic E-state index is 0.398. The summed E-state index contributed by atoms with van der Waals surface area (Å²) in [6.07, 6.45) is 2.69. The van der Waals surface area contributed by atoms with Crippen LogP contribution < -0.4 is 5.73 Å². The van der Waals surface area contributed by atoms with Crippen molar-refractivity contribution in [1.29, 1.82) is 0 Å². The summed E-state index contributed by atoms with van der Waals surface area (Å²) in [5.74, 6) is 0.398. The number of anilines is 1. The molecule has 0 unspecified atom stereocenters. The number of nitrogens with zero attached hydrogens (tertiary/aromatic N) is 3. The first-order valence-electron chi connectivity index (χ1n) is 2.78. The predicted octanol–water partition coefficient (Wildman–Crippen LogP) is 0.480. The Hall–Kier alpha value is -1.19.